The summed E-state index contributed by atoms with van der Waals surface area (Å²) in [6.07, 6.45) is 5.56. The molecule has 0 radical (unpaired) electrons. The van der Waals surface area contributed by atoms with Gasteiger partial charge in [0.15, 0.2) is 0 Å². The van der Waals surface area contributed by atoms with Gasteiger partial charge >= 0.3 is 294 Å². The fraction of sp³-hybridized carbons (Fsp3) is 0. The molecule has 7 heteroatoms. The van der Waals surface area contributed by atoms with E-state index in [1.54, 1.807) is 6.20 Å². The van der Waals surface area contributed by atoms with Gasteiger partial charge in [0.2, 0.25) is 0 Å². The first-order valence-corrected chi connectivity index (χ1v) is 20.9. The molecule has 0 spiro atoms. The van der Waals surface area contributed by atoms with Crippen molar-refractivity contribution >= 4 is 32.8 Å². The molecule has 11 rings (SSSR count). The number of aromatic nitrogens is 5. The number of imidazole rings is 1. The van der Waals surface area contributed by atoms with Crippen LogP contribution in [0.2, 0.25) is 0 Å². The Labute approximate surface area is 357 Å². The third-order valence-electron chi connectivity index (χ3n) is 11.1. The fourth-order valence-electron chi connectivity index (χ4n) is 8.36. The molecule has 7 aromatic carbocycles. The SMILES string of the molecule is [Pt]=[c]1n(-c2cccc(Oc3ccc4c5ccccc5n(-c5ccc(-c6cccnc6)cn5)c4c3)c2)c2ccccc2n1-c1c(-c2ccccc2)cccc1-c1ccccc1. The van der Waals surface area contributed by atoms with Gasteiger partial charge in [0.25, 0.3) is 0 Å². The van der Waals surface area contributed by atoms with Crippen LogP contribution in [0, 0.1) is 3.80 Å². The number of nitrogens with zero attached hydrogens (tertiary/aromatic N) is 5. The number of rotatable bonds is 8. The Morgan fingerprint density at radius 3 is 1.73 bits per heavy atom. The number of para-hydroxylation sites is 4. The standard InChI is InChI=1S/C53H35N5O.Pt/c1-3-14-37(15-4-1)44-22-12-23-45(38-16-5-2-6-17-38)53(44)57-36-56(49-25-9-10-26-50(49)57)41-19-11-20-42(32-41)59-43-28-29-47-46-21-7-8-24-48(46)58(51(47)33-43)52-30-27-40(35-55-52)39-18-13-31-54-34-39;/h1-35H;. The van der Waals surface area contributed by atoms with Gasteiger partial charge in [-0.3, -0.25) is 4.98 Å². The summed E-state index contributed by atoms with van der Waals surface area (Å²) in [5, 5.41) is 2.29. The van der Waals surface area contributed by atoms with Gasteiger partial charge in [-0.2, -0.15) is 0 Å². The Hall–Kier alpha value is -7.40. The molecule has 0 atom stereocenters. The molecule has 0 amide bonds. The van der Waals surface area contributed by atoms with Crippen LogP contribution in [0.15, 0.2) is 213 Å². The Kier molecular flexibility index (Phi) is 8.98. The first kappa shape index (κ1) is 35.7. The molecule has 288 valence electrons. The van der Waals surface area contributed by atoms with E-state index in [-0.39, 0.29) is 0 Å². The Bertz CT molecular complexity index is 3350. The van der Waals surface area contributed by atoms with Crippen LogP contribution in [0.4, 0.5) is 0 Å². The number of ether oxygens (including phenoxy) is 1. The van der Waals surface area contributed by atoms with Crippen LogP contribution in [0.25, 0.3) is 83.4 Å². The summed E-state index contributed by atoms with van der Waals surface area (Å²) in [4.78, 5) is 9.24. The maximum absolute atomic E-state index is 6.75. The number of hydrogen-bond acceptors (Lipinski definition) is 3. The molecule has 0 saturated carbocycles. The second kappa shape index (κ2) is 15.1. The predicted molar refractivity (Wildman–Crippen MR) is 239 cm³/mol. The van der Waals surface area contributed by atoms with E-state index >= 15 is 0 Å². The van der Waals surface area contributed by atoms with Crippen molar-refractivity contribution in [3.05, 3.63) is 217 Å². The third-order valence-corrected chi connectivity index (χ3v) is 12.1. The zero-order valence-corrected chi connectivity index (χ0v) is 34.4. The van der Waals surface area contributed by atoms with Crippen LogP contribution >= 0.6 is 0 Å². The monoisotopic (exact) mass is 952 g/mol. The van der Waals surface area contributed by atoms with E-state index in [1.807, 2.05) is 30.6 Å². The zero-order chi connectivity index (χ0) is 40.0. The van der Waals surface area contributed by atoms with E-state index in [0.717, 1.165) is 98.7 Å². The molecular formula is C53H35N5OPt. The van der Waals surface area contributed by atoms with Crippen molar-refractivity contribution in [2.24, 2.45) is 0 Å². The van der Waals surface area contributed by atoms with E-state index in [1.165, 1.54) is 0 Å². The normalized spacial score (nSPS) is 11.4. The van der Waals surface area contributed by atoms with Gasteiger partial charge in [-0.15, -0.1) is 0 Å². The molecule has 0 fully saturated rings. The Morgan fingerprint density at radius 2 is 1.03 bits per heavy atom. The molecule has 6 nitrogen and oxygen atoms in total. The average molecular weight is 953 g/mol. The summed E-state index contributed by atoms with van der Waals surface area (Å²) in [6.45, 7) is 0. The Balaban J connectivity index is 1.02. The van der Waals surface area contributed by atoms with Crippen molar-refractivity contribution in [1.29, 1.82) is 0 Å². The molecular weight excluding hydrogens is 918 g/mol. The van der Waals surface area contributed by atoms with Crippen LogP contribution in [-0.4, -0.2) is 23.7 Å². The van der Waals surface area contributed by atoms with Crippen molar-refractivity contribution < 1.29 is 24.1 Å². The minimum atomic E-state index is 0.738. The third kappa shape index (κ3) is 6.21. The van der Waals surface area contributed by atoms with Crippen molar-refractivity contribution in [3.8, 4) is 62.1 Å². The second-order valence-corrected chi connectivity index (χ2v) is 15.6. The molecule has 0 saturated heterocycles. The van der Waals surface area contributed by atoms with E-state index in [2.05, 4.69) is 214 Å². The molecule has 0 aliphatic rings. The van der Waals surface area contributed by atoms with Gasteiger partial charge in [0.05, 0.1) is 0 Å². The van der Waals surface area contributed by atoms with E-state index in [4.69, 9.17) is 9.72 Å². The van der Waals surface area contributed by atoms with Crippen LogP contribution in [0.1, 0.15) is 0 Å². The van der Waals surface area contributed by atoms with Crippen molar-refractivity contribution in [1.82, 2.24) is 23.7 Å². The van der Waals surface area contributed by atoms with Crippen LogP contribution in [0.5, 0.6) is 11.5 Å². The first-order valence-electron chi connectivity index (χ1n) is 19.8. The van der Waals surface area contributed by atoms with Gasteiger partial charge < -0.3 is 0 Å². The quantitative estimate of drug-likeness (QED) is 0.152. The van der Waals surface area contributed by atoms with Crippen LogP contribution in [0.3, 0.4) is 0 Å². The van der Waals surface area contributed by atoms with Crippen LogP contribution in [-0.2, 0) is 19.4 Å². The zero-order valence-electron chi connectivity index (χ0n) is 32.2. The van der Waals surface area contributed by atoms with E-state index in [0.29, 0.717) is 0 Å². The number of fused-ring (bicyclic) bond motifs is 4. The molecule has 0 bridgehead atoms. The van der Waals surface area contributed by atoms with Gasteiger partial charge in [0, 0.05) is 29.7 Å². The molecule has 0 aliphatic carbocycles. The molecule has 11 aromatic rings. The predicted octanol–water partition coefficient (Wildman–Crippen LogP) is 13.2. The number of hydrogen-bond donors (Lipinski definition) is 0. The summed E-state index contributed by atoms with van der Waals surface area (Å²) in [7, 11) is 0. The topological polar surface area (TPSA) is 49.8 Å². The van der Waals surface area contributed by atoms with Crippen LogP contribution < -0.4 is 4.74 Å². The van der Waals surface area contributed by atoms with E-state index < -0.39 is 0 Å². The molecule has 4 heterocycles. The van der Waals surface area contributed by atoms with E-state index in [9.17, 15) is 0 Å². The molecule has 0 N–H and O–H groups in total. The summed E-state index contributed by atoms with van der Waals surface area (Å²) in [5.74, 6) is 2.31. The average Bonchev–Trinajstić information content (AvgIpc) is 3.80. The van der Waals surface area contributed by atoms with Gasteiger partial charge in [-0.1, -0.05) is 18.2 Å². The summed E-state index contributed by atoms with van der Waals surface area (Å²) in [6, 6.07) is 67.9. The fourth-order valence-corrected chi connectivity index (χ4v) is 9.46. The molecule has 0 unspecified atom stereocenters. The molecule has 0 aliphatic heterocycles. The van der Waals surface area contributed by atoms with Crippen molar-refractivity contribution in [2.75, 3.05) is 0 Å². The van der Waals surface area contributed by atoms with Gasteiger partial charge in [-0.25, -0.2) is 0 Å². The molecule has 4 aromatic heterocycles. The first-order chi connectivity index (χ1) is 29.7. The van der Waals surface area contributed by atoms with Crippen molar-refractivity contribution in [2.45, 2.75) is 0 Å². The minimum absolute atomic E-state index is 0.738. The Morgan fingerprint density at radius 1 is 0.417 bits per heavy atom. The second-order valence-electron chi connectivity index (χ2n) is 14.6. The van der Waals surface area contributed by atoms with Gasteiger partial charge in [-0.05, 0) is 12.1 Å². The number of pyridine rings is 2. The number of benzene rings is 7. The summed E-state index contributed by atoms with van der Waals surface area (Å²) < 4.78 is 14.7. The molecule has 60 heavy (non-hydrogen) atoms. The van der Waals surface area contributed by atoms with Gasteiger partial charge in [0.1, 0.15) is 0 Å². The summed E-state index contributed by atoms with van der Waals surface area (Å²) in [5.41, 5.74) is 13.1. The summed E-state index contributed by atoms with van der Waals surface area (Å²) >= 11 is 2.49. The van der Waals surface area contributed by atoms with Crippen molar-refractivity contribution in [3.63, 3.8) is 0 Å². The maximum atomic E-state index is 6.75.